The van der Waals surface area contributed by atoms with E-state index in [-0.39, 0.29) is 65.7 Å². The Hall–Kier alpha value is -8.27. The average Bonchev–Trinajstić information content (AvgIpc) is 3.69. The maximum Gasteiger partial charge on any atom is 0.274 e. The number of pyridine rings is 1. The van der Waals surface area contributed by atoms with Gasteiger partial charge in [0.1, 0.15) is 23.3 Å². The first-order valence-corrected chi connectivity index (χ1v) is 25.0. The van der Waals surface area contributed by atoms with E-state index in [1.54, 1.807) is 59.8 Å². The largest absolute Gasteiger partial charge is 0.496 e. The molecule has 402 valence electrons. The van der Waals surface area contributed by atoms with Crippen LogP contribution in [-0.4, -0.2) is 172 Å². The van der Waals surface area contributed by atoms with E-state index in [1.165, 1.54) is 31.5 Å². The molecule has 2 aromatic heterocycles. The van der Waals surface area contributed by atoms with Crippen LogP contribution in [0.1, 0.15) is 56.0 Å². The molecular weight excluding hydrogens is 1000 g/mol. The maximum absolute atomic E-state index is 14.9. The number of halogens is 1. The molecule has 6 amide bonds. The lowest BCUT2D eigenvalue weighted by molar-refractivity contribution is -0.136. The smallest absolute Gasteiger partial charge is 0.274 e. The predicted octanol–water partition coefficient (Wildman–Crippen LogP) is 4.11. The zero-order valence-electron chi connectivity index (χ0n) is 42.3. The van der Waals surface area contributed by atoms with Crippen LogP contribution in [0.4, 0.5) is 21.5 Å². The number of anilines is 3. The molecular formula is C54H57FN10O12. The number of nitrogens with one attached hydrogen (secondary N) is 3. The van der Waals surface area contributed by atoms with Crippen molar-refractivity contribution in [3.63, 3.8) is 0 Å². The first-order chi connectivity index (χ1) is 37.5. The number of rotatable bonds is 26. The fourth-order valence-corrected chi connectivity index (χ4v) is 8.82. The van der Waals surface area contributed by atoms with Crippen molar-refractivity contribution >= 4 is 52.5 Å². The SMILES string of the molecule is COc1cccc(F)c1-c1nccc(C(=O)Nc2ccc(-c3cnccc3C#N)cc2N2CCN(C(=O)CCOCCOCCOCCOCCOCCNc3ccc4c(c3)C(=O)N(C3CCC(=O)NC3=O)C4=O)CC2)n1. The third-order valence-corrected chi connectivity index (χ3v) is 12.7. The zero-order chi connectivity index (χ0) is 54.1. The van der Waals surface area contributed by atoms with Crippen molar-refractivity contribution in [2.45, 2.75) is 25.3 Å². The molecule has 1 atom stereocenters. The molecule has 3 aliphatic rings. The third kappa shape index (κ3) is 14.0. The number of methoxy groups -OCH3 is 1. The molecule has 8 rings (SSSR count). The summed E-state index contributed by atoms with van der Waals surface area (Å²) in [5, 5.41) is 18.1. The van der Waals surface area contributed by atoms with Gasteiger partial charge in [0.15, 0.2) is 5.82 Å². The Bertz CT molecular complexity index is 3000. The molecule has 0 bridgehead atoms. The number of carbonyl (C=O) groups is 6. The molecule has 3 aliphatic heterocycles. The highest BCUT2D eigenvalue weighted by Gasteiger charge is 2.44. The van der Waals surface area contributed by atoms with Gasteiger partial charge in [-0.1, -0.05) is 12.1 Å². The van der Waals surface area contributed by atoms with Crippen molar-refractivity contribution in [1.29, 1.82) is 5.26 Å². The topological polar surface area (TPSA) is 266 Å². The van der Waals surface area contributed by atoms with Crippen LogP contribution in [0.5, 0.6) is 5.75 Å². The lowest BCUT2D eigenvalue weighted by Crippen LogP contribution is -2.54. The summed E-state index contributed by atoms with van der Waals surface area (Å²) in [6.45, 7) is 5.59. The summed E-state index contributed by atoms with van der Waals surface area (Å²) in [5.74, 6) is -3.22. The summed E-state index contributed by atoms with van der Waals surface area (Å²) < 4.78 is 48.2. The number of ether oxygens (including phenoxy) is 6. The Balaban J connectivity index is 0.678. The number of aromatic nitrogens is 3. The minimum atomic E-state index is -1.02. The molecule has 5 aromatic rings. The van der Waals surface area contributed by atoms with Gasteiger partial charge in [0.25, 0.3) is 17.7 Å². The second-order valence-electron chi connectivity index (χ2n) is 17.6. The van der Waals surface area contributed by atoms with Crippen molar-refractivity contribution in [2.75, 3.05) is 121 Å². The molecule has 0 aliphatic carbocycles. The van der Waals surface area contributed by atoms with Crippen molar-refractivity contribution in [2.24, 2.45) is 0 Å². The summed E-state index contributed by atoms with van der Waals surface area (Å²) in [6.07, 6.45) is 4.87. The van der Waals surface area contributed by atoms with Crippen LogP contribution in [0.15, 0.2) is 85.3 Å². The highest BCUT2D eigenvalue weighted by atomic mass is 19.1. The number of fused-ring (bicyclic) bond motifs is 1. The predicted molar refractivity (Wildman–Crippen MR) is 275 cm³/mol. The summed E-state index contributed by atoms with van der Waals surface area (Å²) in [4.78, 5) is 94.3. The van der Waals surface area contributed by atoms with E-state index in [0.29, 0.717) is 126 Å². The van der Waals surface area contributed by atoms with Crippen LogP contribution in [0.25, 0.3) is 22.5 Å². The van der Waals surface area contributed by atoms with Gasteiger partial charge in [-0.3, -0.25) is 44.0 Å². The van der Waals surface area contributed by atoms with Crippen LogP contribution in [0.3, 0.4) is 0 Å². The number of nitrogens with zero attached hydrogens (tertiary/aromatic N) is 7. The second-order valence-corrected chi connectivity index (χ2v) is 17.6. The molecule has 2 fully saturated rings. The Morgan fingerprint density at radius 1 is 0.792 bits per heavy atom. The van der Waals surface area contributed by atoms with Gasteiger partial charge in [0, 0.05) is 69.0 Å². The summed E-state index contributed by atoms with van der Waals surface area (Å²) in [7, 11) is 1.41. The minimum Gasteiger partial charge on any atom is -0.496 e. The third-order valence-electron chi connectivity index (χ3n) is 12.7. The Morgan fingerprint density at radius 3 is 2.19 bits per heavy atom. The second kappa shape index (κ2) is 27.0. The molecule has 22 nitrogen and oxygen atoms in total. The van der Waals surface area contributed by atoms with E-state index in [4.69, 9.17) is 28.4 Å². The summed E-state index contributed by atoms with van der Waals surface area (Å²) >= 11 is 0. The summed E-state index contributed by atoms with van der Waals surface area (Å²) in [6, 6.07) is 18.8. The quantitative estimate of drug-likeness (QED) is 0.0520. The molecule has 77 heavy (non-hydrogen) atoms. The van der Waals surface area contributed by atoms with Gasteiger partial charge >= 0.3 is 0 Å². The zero-order valence-corrected chi connectivity index (χ0v) is 42.3. The number of benzene rings is 3. The molecule has 0 radical (unpaired) electrons. The molecule has 0 saturated carbocycles. The van der Waals surface area contributed by atoms with E-state index in [9.17, 15) is 38.4 Å². The number of hydrogen-bond acceptors (Lipinski definition) is 18. The monoisotopic (exact) mass is 1060 g/mol. The first kappa shape index (κ1) is 55.0. The van der Waals surface area contributed by atoms with Crippen LogP contribution >= 0.6 is 0 Å². The van der Waals surface area contributed by atoms with Crippen LogP contribution in [0.2, 0.25) is 0 Å². The van der Waals surface area contributed by atoms with Gasteiger partial charge in [0.2, 0.25) is 17.7 Å². The molecule has 1 unspecified atom stereocenters. The molecule has 5 heterocycles. The van der Waals surface area contributed by atoms with Crippen LogP contribution in [-0.2, 0) is 38.1 Å². The van der Waals surface area contributed by atoms with Gasteiger partial charge in [-0.2, -0.15) is 5.26 Å². The lowest BCUT2D eigenvalue weighted by Gasteiger charge is -2.37. The highest BCUT2D eigenvalue weighted by Crippen LogP contribution is 2.35. The highest BCUT2D eigenvalue weighted by molar-refractivity contribution is 6.23. The maximum atomic E-state index is 14.9. The van der Waals surface area contributed by atoms with E-state index < -0.39 is 41.4 Å². The van der Waals surface area contributed by atoms with E-state index in [1.807, 2.05) is 6.07 Å². The van der Waals surface area contributed by atoms with Gasteiger partial charge in [-0.15, -0.1) is 0 Å². The lowest BCUT2D eigenvalue weighted by atomic mass is 10.0. The van der Waals surface area contributed by atoms with Gasteiger partial charge in [-0.25, -0.2) is 14.4 Å². The number of hydrogen-bond donors (Lipinski definition) is 3. The number of imide groups is 2. The Kier molecular flexibility index (Phi) is 19.3. The van der Waals surface area contributed by atoms with Gasteiger partial charge < -0.3 is 48.9 Å². The van der Waals surface area contributed by atoms with Crippen molar-refractivity contribution in [3.05, 3.63) is 114 Å². The number of piperazine rings is 1. The van der Waals surface area contributed by atoms with Gasteiger partial charge in [-0.05, 0) is 66.6 Å². The van der Waals surface area contributed by atoms with Crippen LogP contribution < -0.4 is 25.6 Å². The minimum absolute atomic E-state index is 0.00209. The summed E-state index contributed by atoms with van der Waals surface area (Å²) in [5.41, 5.74) is 3.93. The number of nitriles is 1. The normalized spacial score (nSPS) is 15.3. The van der Waals surface area contributed by atoms with Crippen LogP contribution in [0, 0.1) is 17.1 Å². The number of amides is 6. The number of piperidine rings is 1. The fraction of sp³-hybridized carbons (Fsp3) is 0.370. The van der Waals surface area contributed by atoms with E-state index >= 15 is 0 Å². The fourth-order valence-electron chi connectivity index (χ4n) is 8.82. The van der Waals surface area contributed by atoms with E-state index in [2.05, 4.69) is 41.9 Å². The Morgan fingerprint density at radius 2 is 1.49 bits per heavy atom. The molecule has 3 N–H and O–H groups in total. The van der Waals surface area contributed by atoms with Gasteiger partial charge in [0.05, 0.1) is 119 Å². The van der Waals surface area contributed by atoms with Crippen molar-refractivity contribution < 1.29 is 61.6 Å². The molecule has 0 spiro atoms. The standard InChI is InChI=1S/C54H57FN10O12/c1-72-46-4-2-3-41(55)49(46)50-59-15-12-43(60-50)51(68)61-42-8-5-35(40-34-57-14-11-36(40)33-56)31-45(42)63-17-19-64(20-18-63)48(67)13-21-73-23-25-75-27-29-77-30-28-76-26-24-74-22-16-58-37-6-7-38-39(32-37)54(71)65(53(38)70)44-9-10-47(66)62-52(44)69/h2-8,11-12,14-15,31-32,34,44,58H,9-10,13,16-30H2,1H3,(H,61,68)(H,62,66,69). The Labute approximate surface area is 442 Å². The van der Waals surface area contributed by atoms with Crippen molar-refractivity contribution in [3.8, 4) is 34.3 Å². The van der Waals surface area contributed by atoms with Crippen molar-refractivity contribution in [1.82, 2.24) is 30.1 Å². The number of carbonyl (C=O) groups excluding carboxylic acids is 6. The molecule has 3 aromatic carbocycles. The molecule has 23 heteroatoms. The average molecular weight is 1060 g/mol. The first-order valence-electron chi connectivity index (χ1n) is 25.0. The van der Waals surface area contributed by atoms with E-state index in [0.717, 1.165) is 4.90 Å². The molecule has 2 saturated heterocycles.